The van der Waals surface area contributed by atoms with Gasteiger partial charge in [-0.15, -0.1) is 0 Å². The molecule has 2 heterocycles. The Bertz CT molecular complexity index is 970. The summed E-state index contributed by atoms with van der Waals surface area (Å²) in [6.45, 7) is 5.77. The molecule has 1 saturated heterocycles. The lowest BCUT2D eigenvalue weighted by atomic mass is 10.0. The highest BCUT2D eigenvalue weighted by molar-refractivity contribution is 6.08. The van der Waals surface area contributed by atoms with E-state index in [2.05, 4.69) is 26.9 Å². The smallest absolute Gasteiger partial charge is 0.193 e. The van der Waals surface area contributed by atoms with Crippen LogP contribution in [0.2, 0.25) is 0 Å². The Morgan fingerprint density at radius 2 is 1.48 bits per heavy atom. The van der Waals surface area contributed by atoms with Gasteiger partial charge >= 0.3 is 0 Å². The molecule has 1 aliphatic rings. The number of anilines is 1. The Balaban J connectivity index is 1.18. The minimum atomic E-state index is -0.351. The second-order valence-electron chi connectivity index (χ2n) is 7.60. The Kier molecular flexibility index (Phi) is 6.89. The van der Waals surface area contributed by atoms with Crippen LogP contribution in [-0.2, 0) is 0 Å². The average Bonchev–Trinajstić information content (AvgIpc) is 2.83. The van der Waals surface area contributed by atoms with Crippen LogP contribution in [-0.4, -0.2) is 55.0 Å². The van der Waals surface area contributed by atoms with Crippen molar-refractivity contribution in [2.75, 3.05) is 44.2 Å². The number of carbonyl (C=O) groups is 1. The fourth-order valence-electron chi connectivity index (χ4n) is 3.73. The van der Waals surface area contributed by atoms with Crippen molar-refractivity contribution in [3.05, 3.63) is 90.0 Å². The summed E-state index contributed by atoms with van der Waals surface area (Å²) >= 11 is 0. The number of ketones is 1. The molecule has 31 heavy (non-hydrogen) atoms. The van der Waals surface area contributed by atoms with Gasteiger partial charge in [0.1, 0.15) is 11.6 Å². The number of piperazine rings is 1. The maximum atomic E-state index is 13.0. The van der Waals surface area contributed by atoms with E-state index in [1.54, 1.807) is 12.1 Å². The average molecular weight is 420 g/mol. The topological polar surface area (TPSA) is 45.7 Å². The van der Waals surface area contributed by atoms with Gasteiger partial charge in [0.15, 0.2) is 5.78 Å². The number of nitrogens with zero attached hydrogens (tertiary/aromatic N) is 3. The Hall–Kier alpha value is -3.25. The molecule has 0 saturated carbocycles. The lowest BCUT2D eigenvalue weighted by molar-refractivity contribution is 0.103. The summed E-state index contributed by atoms with van der Waals surface area (Å²) in [5.41, 5.74) is 2.27. The molecule has 6 heteroatoms. The van der Waals surface area contributed by atoms with E-state index in [9.17, 15) is 9.18 Å². The second kappa shape index (κ2) is 10.2. The highest BCUT2D eigenvalue weighted by Crippen LogP contribution is 2.17. The number of pyridine rings is 1. The number of benzene rings is 2. The molecule has 160 valence electrons. The van der Waals surface area contributed by atoms with Gasteiger partial charge in [-0.05, 0) is 67.1 Å². The van der Waals surface area contributed by atoms with Crippen molar-refractivity contribution in [1.82, 2.24) is 9.88 Å². The Labute approximate surface area is 182 Å². The number of hydrogen-bond acceptors (Lipinski definition) is 5. The van der Waals surface area contributed by atoms with Gasteiger partial charge in [-0.1, -0.05) is 0 Å². The number of hydrogen-bond donors (Lipinski definition) is 0. The normalized spacial score (nSPS) is 14.4. The number of rotatable bonds is 8. The van der Waals surface area contributed by atoms with Crippen LogP contribution in [0.5, 0.6) is 5.75 Å². The molecule has 0 radical (unpaired) electrons. The SMILES string of the molecule is O=C(c1ccc(F)cc1)c1ccc(OCCCN2CCN(c3ccncc3)CC2)cc1. The zero-order valence-corrected chi connectivity index (χ0v) is 17.4. The van der Waals surface area contributed by atoms with Crippen molar-refractivity contribution >= 4 is 11.5 Å². The standard InChI is InChI=1S/C25H26FN3O2/c26-22-6-2-20(3-7-22)25(30)21-4-8-24(9-5-21)31-19-1-14-28-15-17-29(18-16-28)23-10-12-27-13-11-23/h2-13H,1,14-19H2. The molecule has 1 aliphatic heterocycles. The summed E-state index contributed by atoms with van der Waals surface area (Å²) in [5.74, 6) is 0.270. The van der Waals surface area contributed by atoms with Gasteiger partial charge in [0.25, 0.3) is 0 Å². The van der Waals surface area contributed by atoms with Gasteiger partial charge in [0.2, 0.25) is 0 Å². The lowest BCUT2D eigenvalue weighted by Crippen LogP contribution is -2.46. The second-order valence-corrected chi connectivity index (χ2v) is 7.60. The number of ether oxygens (including phenoxy) is 1. The van der Waals surface area contributed by atoms with Gasteiger partial charge in [-0.2, -0.15) is 0 Å². The van der Waals surface area contributed by atoms with Crippen molar-refractivity contribution in [2.24, 2.45) is 0 Å². The number of halogens is 1. The van der Waals surface area contributed by atoms with Crippen LogP contribution in [0.3, 0.4) is 0 Å². The zero-order chi connectivity index (χ0) is 21.5. The molecule has 5 nitrogen and oxygen atoms in total. The summed E-state index contributed by atoms with van der Waals surface area (Å²) in [6, 6.07) is 16.8. The highest BCUT2D eigenvalue weighted by Gasteiger charge is 2.16. The van der Waals surface area contributed by atoms with Gasteiger partial charge in [0.05, 0.1) is 6.61 Å². The summed E-state index contributed by atoms with van der Waals surface area (Å²) in [5, 5.41) is 0. The first-order chi connectivity index (χ1) is 15.2. The molecule has 0 bridgehead atoms. The van der Waals surface area contributed by atoms with Crippen LogP contribution in [0.1, 0.15) is 22.3 Å². The Morgan fingerprint density at radius 1 is 0.871 bits per heavy atom. The maximum absolute atomic E-state index is 13.0. The van der Waals surface area contributed by atoms with Crippen LogP contribution in [0.25, 0.3) is 0 Å². The molecule has 0 spiro atoms. The van der Waals surface area contributed by atoms with Gasteiger partial charge < -0.3 is 9.64 Å². The van der Waals surface area contributed by atoms with Crippen molar-refractivity contribution in [3.8, 4) is 5.75 Å². The van der Waals surface area contributed by atoms with Crippen LogP contribution in [0, 0.1) is 5.82 Å². The van der Waals surface area contributed by atoms with E-state index in [4.69, 9.17) is 4.74 Å². The first-order valence-corrected chi connectivity index (χ1v) is 10.6. The summed E-state index contributed by atoms with van der Waals surface area (Å²) in [7, 11) is 0. The molecule has 0 amide bonds. The first-order valence-electron chi connectivity index (χ1n) is 10.6. The molecule has 0 aliphatic carbocycles. The van der Waals surface area contributed by atoms with E-state index in [0.717, 1.165) is 44.9 Å². The molecule has 4 rings (SSSR count). The van der Waals surface area contributed by atoms with Crippen LogP contribution >= 0.6 is 0 Å². The predicted molar refractivity (Wildman–Crippen MR) is 119 cm³/mol. The van der Waals surface area contributed by atoms with E-state index >= 15 is 0 Å². The summed E-state index contributed by atoms with van der Waals surface area (Å²) < 4.78 is 18.9. The van der Waals surface area contributed by atoms with Crippen LogP contribution in [0.4, 0.5) is 10.1 Å². The molecule has 0 unspecified atom stereocenters. The highest BCUT2D eigenvalue weighted by atomic mass is 19.1. The molecule has 3 aromatic rings. The van der Waals surface area contributed by atoms with Crippen LogP contribution < -0.4 is 9.64 Å². The van der Waals surface area contributed by atoms with Crippen molar-refractivity contribution < 1.29 is 13.9 Å². The van der Waals surface area contributed by atoms with Crippen LogP contribution in [0.15, 0.2) is 73.1 Å². The lowest BCUT2D eigenvalue weighted by Gasteiger charge is -2.36. The van der Waals surface area contributed by atoms with Gasteiger partial charge in [-0.25, -0.2) is 4.39 Å². The fraction of sp³-hybridized carbons (Fsp3) is 0.280. The minimum absolute atomic E-state index is 0.127. The van der Waals surface area contributed by atoms with Crippen molar-refractivity contribution in [1.29, 1.82) is 0 Å². The van der Waals surface area contributed by atoms with E-state index in [1.165, 1.54) is 30.0 Å². The van der Waals surface area contributed by atoms with E-state index in [0.29, 0.717) is 17.7 Å². The largest absolute Gasteiger partial charge is 0.494 e. The summed E-state index contributed by atoms with van der Waals surface area (Å²) in [6.07, 6.45) is 4.63. The quantitative estimate of drug-likeness (QED) is 0.407. The monoisotopic (exact) mass is 419 g/mol. The van der Waals surface area contributed by atoms with Gasteiger partial charge in [0, 0.05) is 61.9 Å². The van der Waals surface area contributed by atoms with E-state index in [-0.39, 0.29) is 11.6 Å². The van der Waals surface area contributed by atoms with E-state index in [1.807, 2.05) is 24.5 Å². The molecular formula is C25H26FN3O2. The maximum Gasteiger partial charge on any atom is 0.193 e. The molecule has 1 aromatic heterocycles. The molecule has 2 aromatic carbocycles. The third-order valence-electron chi connectivity index (χ3n) is 5.51. The molecular weight excluding hydrogens is 393 g/mol. The molecule has 1 fully saturated rings. The zero-order valence-electron chi connectivity index (χ0n) is 17.4. The molecule has 0 N–H and O–H groups in total. The third kappa shape index (κ3) is 5.67. The predicted octanol–water partition coefficient (Wildman–Crippen LogP) is 4.04. The van der Waals surface area contributed by atoms with Gasteiger partial charge in [-0.3, -0.25) is 14.7 Å². The summed E-state index contributed by atoms with van der Waals surface area (Å²) in [4.78, 5) is 21.4. The Morgan fingerprint density at radius 3 is 2.13 bits per heavy atom. The minimum Gasteiger partial charge on any atom is -0.494 e. The number of carbonyl (C=O) groups excluding carboxylic acids is 1. The molecule has 0 atom stereocenters. The third-order valence-corrected chi connectivity index (χ3v) is 5.51. The van der Waals surface area contributed by atoms with Crippen molar-refractivity contribution in [2.45, 2.75) is 6.42 Å². The first kappa shape index (κ1) is 21.0. The van der Waals surface area contributed by atoms with E-state index < -0.39 is 0 Å². The van der Waals surface area contributed by atoms with Crippen molar-refractivity contribution in [3.63, 3.8) is 0 Å². The fourth-order valence-corrected chi connectivity index (χ4v) is 3.73. The number of aromatic nitrogens is 1.